The van der Waals surface area contributed by atoms with Crippen molar-refractivity contribution in [1.82, 2.24) is 10.2 Å². The van der Waals surface area contributed by atoms with Crippen LogP contribution in [0.3, 0.4) is 0 Å². The van der Waals surface area contributed by atoms with Gasteiger partial charge in [0.05, 0.1) is 0 Å². The lowest BCUT2D eigenvalue weighted by Gasteiger charge is -2.33. The van der Waals surface area contributed by atoms with Crippen LogP contribution in [0.25, 0.3) is 0 Å². The lowest BCUT2D eigenvalue weighted by Crippen LogP contribution is -2.45. The Morgan fingerprint density at radius 2 is 1.81 bits per heavy atom. The molecule has 0 bridgehead atoms. The van der Waals surface area contributed by atoms with E-state index in [4.69, 9.17) is 0 Å². The Morgan fingerprint density at radius 1 is 1.12 bits per heavy atom. The Kier molecular flexibility index (Phi) is 4.66. The summed E-state index contributed by atoms with van der Waals surface area (Å²) in [6.07, 6.45) is 8.60. The lowest BCUT2D eigenvalue weighted by atomic mass is 10.1. The highest BCUT2D eigenvalue weighted by Crippen LogP contribution is 2.33. The average Bonchev–Trinajstić information content (AvgIpc) is 3.11. The molecule has 2 aliphatic rings. The Labute approximate surface area is 101 Å². The number of hydrogen-bond donors (Lipinski definition) is 1. The summed E-state index contributed by atoms with van der Waals surface area (Å²) in [6, 6.07) is 1.45. The molecule has 1 aliphatic carbocycles. The summed E-state index contributed by atoms with van der Waals surface area (Å²) in [5.41, 5.74) is 0. The van der Waals surface area contributed by atoms with Crippen molar-refractivity contribution in [2.45, 2.75) is 64.5 Å². The molecule has 0 aromatic rings. The topological polar surface area (TPSA) is 15.3 Å². The highest BCUT2D eigenvalue weighted by Gasteiger charge is 2.24. The summed E-state index contributed by atoms with van der Waals surface area (Å²) >= 11 is 0. The van der Waals surface area contributed by atoms with Crippen molar-refractivity contribution < 1.29 is 0 Å². The van der Waals surface area contributed by atoms with Crippen LogP contribution < -0.4 is 5.32 Å². The first-order valence-electron chi connectivity index (χ1n) is 7.23. The highest BCUT2D eigenvalue weighted by molar-refractivity contribution is 4.80. The van der Waals surface area contributed by atoms with Gasteiger partial charge in [0, 0.05) is 18.6 Å². The van der Waals surface area contributed by atoms with Crippen molar-refractivity contribution in [2.24, 2.45) is 5.92 Å². The number of likely N-dealkylation sites (tertiary alicyclic amines) is 1. The maximum absolute atomic E-state index is 3.71. The van der Waals surface area contributed by atoms with Crippen LogP contribution >= 0.6 is 0 Å². The fourth-order valence-electron chi connectivity index (χ4n) is 2.80. The molecule has 2 rings (SSSR count). The molecule has 1 heterocycles. The van der Waals surface area contributed by atoms with Crippen LogP contribution in [0.1, 0.15) is 52.4 Å². The molecule has 94 valence electrons. The standard InChI is InChI=1S/C14H28N2/c1-12(10-14-6-7-14)15-11-13(2)16-8-4-3-5-9-16/h12-15H,3-11H2,1-2H3. The van der Waals surface area contributed by atoms with E-state index in [-0.39, 0.29) is 0 Å². The van der Waals surface area contributed by atoms with Crippen LogP contribution in [0.5, 0.6) is 0 Å². The molecule has 1 saturated heterocycles. The first-order valence-corrected chi connectivity index (χ1v) is 7.23. The van der Waals surface area contributed by atoms with Crippen molar-refractivity contribution >= 4 is 0 Å². The number of nitrogens with zero attached hydrogens (tertiary/aromatic N) is 1. The molecular formula is C14H28N2. The zero-order valence-electron chi connectivity index (χ0n) is 11.0. The zero-order chi connectivity index (χ0) is 11.4. The summed E-state index contributed by atoms with van der Waals surface area (Å²) in [5.74, 6) is 1.05. The second-order valence-electron chi connectivity index (χ2n) is 5.93. The number of rotatable bonds is 6. The maximum Gasteiger partial charge on any atom is 0.0192 e. The van der Waals surface area contributed by atoms with Gasteiger partial charge in [-0.3, -0.25) is 4.90 Å². The molecule has 0 amide bonds. The molecule has 0 aromatic heterocycles. The first-order chi connectivity index (χ1) is 7.75. The predicted octanol–water partition coefficient (Wildman–Crippen LogP) is 2.64. The number of hydrogen-bond acceptors (Lipinski definition) is 2. The fourth-order valence-corrected chi connectivity index (χ4v) is 2.80. The molecule has 16 heavy (non-hydrogen) atoms. The molecule has 2 nitrogen and oxygen atoms in total. The third-order valence-corrected chi connectivity index (χ3v) is 4.16. The fraction of sp³-hybridized carbons (Fsp3) is 1.00. The molecule has 2 unspecified atom stereocenters. The minimum absolute atomic E-state index is 0.722. The second kappa shape index (κ2) is 6.02. The van der Waals surface area contributed by atoms with Gasteiger partial charge in [0.2, 0.25) is 0 Å². The van der Waals surface area contributed by atoms with Gasteiger partial charge in [0.1, 0.15) is 0 Å². The van der Waals surface area contributed by atoms with E-state index in [0.717, 1.165) is 18.0 Å². The SMILES string of the molecule is CC(CC1CC1)NCC(C)N1CCCCC1. The van der Waals surface area contributed by atoms with Gasteiger partial charge in [-0.1, -0.05) is 19.3 Å². The Balaban J connectivity index is 1.59. The molecule has 0 spiro atoms. The zero-order valence-corrected chi connectivity index (χ0v) is 11.0. The summed E-state index contributed by atoms with van der Waals surface area (Å²) in [4.78, 5) is 2.65. The average molecular weight is 224 g/mol. The van der Waals surface area contributed by atoms with Gasteiger partial charge in [-0.2, -0.15) is 0 Å². The van der Waals surface area contributed by atoms with Crippen LogP contribution in [0.15, 0.2) is 0 Å². The van der Waals surface area contributed by atoms with Crippen molar-refractivity contribution in [2.75, 3.05) is 19.6 Å². The van der Waals surface area contributed by atoms with Gasteiger partial charge >= 0.3 is 0 Å². The minimum Gasteiger partial charge on any atom is -0.313 e. The molecular weight excluding hydrogens is 196 g/mol. The Morgan fingerprint density at radius 3 is 2.44 bits per heavy atom. The van der Waals surface area contributed by atoms with Crippen LogP contribution in [0.4, 0.5) is 0 Å². The smallest absolute Gasteiger partial charge is 0.0192 e. The van der Waals surface area contributed by atoms with E-state index in [9.17, 15) is 0 Å². The maximum atomic E-state index is 3.71. The highest BCUT2D eigenvalue weighted by atomic mass is 15.2. The van der Waals surface area contributed by atoms with E-state index < -0.39 is 0 Å². The van der Waals surface area contributed by atoms with Crippen molar-refractivity contribution in [1.29, 1.82) is 0 Å². The van der Waals surface area contributed by atoms with Gasteiger partial charge in [-0.15, -0.1) is 0 Å². The van der Waals surface area contributed by atoms with Crippen molar-refractivity contribution in [3.63, 3.8) is 0 Å². The first kappa shape index (κ1) is 12.4. The monoisotopic (exact) mass is 224 g/mol. The molecule has 1 aliphatic heterocycles. The van der Waals surface area contributed by atoms with E-state index in [1.165, 1.54) is 58.2 Å². The molecule has 2 fully saturated rings. The van der Waals surface area contributed by atoms with E-state index >= 15 is 0 Å². The molecule has 2 heteroatoms. The van der Waals surface area contributed by atoms with E-state index in [1.54, 1.807) is 0 Å². The summed E-state index contributed by atoms with van der Waals surface area (Å²) in [5, 5.41) is 3.71. The molecule has 1 saturated carbocycles. The van der Waals surface area contributed by atoms with Crippen molar-refractivity contribution in [3.8, 4) is 0 Å². The second-order valence-corrected chi connectivity index (χ2v) is 5.93. The van der Waals surface area contributed by atoms with E-state index in [1.807, 2.05) is 0 Å². The molecule has 0 radical (unpaired) electrons. The van der Waals surface area contributed by atoms with Gasteiger partial charge in [-0.05, 0) is 52.1 Å². The predicted molar refractivity (Wildman–Crippen MR) is 69.7 cm³/mol. The molecule has 1 N–H and O–H groups in total. The Bertz CT molecular complexity index is 195. The number of nitrogens with one attached hydrogen (secondary N) is 1. The summed E-state index contributed by atoms with van der Waals surface area (Å²) < 4.78 is 0. The van der Waals surface area contributed by atoms with Gasteiger partial charge in [-0.25, -0.2) is 0 Å². The summed E-state index contributed by atoms with van der Waals surface area (Å²) in [7, 11) is 0. The normalized spacial score (nSPS) is 26.6. The third-order valence-electron chi connectivity index (χ3n) is 4.16. The molecule has 0 aromatic carbocycles. The van der Waals surface area contributed by atoms with Crippen LogP contribution in [0.2, 0.25) is 0 Å². The van der Waals surface area contributed by atoms with Gasteiger partial charge < -0.3 is 5.32 Å². The largest absolute Gasteiger partial charge is 0.313 e. The van der Waals surface area contributed by atoms with Crippen LogP contribution in [0, 0.1) is 5.92 Å². The lowest BCUT2D eigenvalue weighted by molar-refractivity contribution is 0.168. The summed E-state index contributed by atoms with van der Waals surface area (Å²) in [6.45, 7) is 8.54. The number of piperidine rings is 1. The van der Waals surface area contributed by atoms with E-state index in [2.05, 4.69) is 24.1 Å². The minimum atomic E-state index is 0.722. The van der Waals surface area contributed by atoms with E-state index in [0.29, 0.717) is 0 Å². The van der Waals surface area contributed by atoms with Crippen molar-refractivity contribution in [3.05, 3.63) is 0 Å². The van der Waals surface area contributed by atoms with Gasteiger partial charge in [0.15, 0.2) is 0 Å². The third kappa shape index (κ3) is 4.06. The molecule has 2 atom stereocenters. The Hall–Kier alpha value is -0.0800. The van der Waals surface area contributed by atoms with Gasteiger partial charge in [0.25, 0.3) is 0 Å². The quantitative estimate of drug-likeness (QED) is 0.746. The van der Waals surface area contributed by atoms with Crippen LogP contribution in [-0.4, -0.2) is 36.6 Å². The van der Waals surface area contributed by atoms with Crippen LogP contribution in [-0.2, 0) is 0 Å².